The standard InChI is InChI=1S/C31H31NO6/c1-6-14-38-31(36)21-10-12-23(13-11-21)32-27(22-9-7-8-18(2)15-22)26(29(34)30(32)35)28(33)24-16-20(4)25(37-5)17-19(24)3/h7-13,15-17,27,33H,6,14H2,1-5H3/b28-26+. The Labute approximate surface area is 222 Å². The van der Waals surface area contributed by atoms with Gasteiger partial charge in [-0.3, -0.25) is 14.5 Å². The molecule has 1 N–H and O–H groups in total. The van der Waals surface area contributed by atoms with Gasteiger partial charge in [0.15, 0.2) is 0 Å². The van der Waals surface area contributed by atoms with Crippen LogP contribution >= 0.6 is 0 Å². The van der Waals surface area contributed by atoms with Crippen LogP contribution in [0.15, 0.2) is 66.2 Å². The first-order chi connectivity index (χ1) is 18.2. The molecule has 1 aliphatic heterocycles. The van der Waals surface area contributed by atoms with Gasteiger partial charge in [0.05, 0.1) is 30.9 Å². The van der Waals surface area contributed by atoms with Crippen molar-refractivity contribution >= 4 is 29.1 Å². The van der Waals surface area contributed by atoms with Gasteiger partial charge in [0.2, 0.25) is 0 Å². The van der Waals surface area contributed by atoms with E-state index >= 15 is 0 Å². The number of benzene rings is 3. The third kappa shape index (κ3) is 4.92. The van der Waals surface area contributed by atoms with E-state index in [1.54, 1.807) is 43.5 Å². The molecule has 0 aliphatic carbocycles. The molecule has 0 saturated carbocycles. The van der Waals surface area contributed by atoms with Crippen molar-refractivity contribution < 1.29 is 29.0 Å². The molecule has 0 radical (unpaired) electrons. The lowest BCUT2D eigenvalue weighted by Crippen LogP contribution is -2.29. The van der Waals surface area contributed by atoms with E-state index in [-0.39, 0.29) is 11.3 Å². The first-order valence-electron chi connectivity index (χ1n) is 12.5. The molecule has 1 amide bonds. The van der Waals surface area contributed by atoms with Gasteiger partial charge in [-0.1, -0.05) is 36.8 Å². The first kappa shape index (κ1) is 26.7. The van der Waals surface area contributed by atoms with Gasteiger partial charge in [-0.25, -0.2) is 4.79 Å². The highest BCUT2D eigenvalue weighted by molar-refractivity contribution is 6.51. The van der Waals surface area contributed by atoms with E-state index in [1.165, 1.54) is 4.90 Å². The van der Waals surface area contributed by atoms with E-state index in [0.717, 1.165) is 11.1 Å². The highest BCUT2D eigenvalue weighted by atomic mass is 16.5. The minimum Gasteiger partial charge on any atom is -0.507 e. The number of aliphatic hydroxyl groups is 1. The molecule has 1 unspecified atom stereocenters. The number of hydrogen-bond acceptors (Lipinski definition) is 6. The van der Waals surface area contributed by atoms with Gasteiger partial charge >= 0.3 is 5.97 Å². The second-order valence-corrected chi connectivity index (χ2v) is 9.40. The minimum absolute atomic E-state index is 0.000279. The Bertz CT molecular complexity index is 1440. The molecule has 1 fully saturated rings. The van der Waals surface area contributed by atoms with Crippen LogP contribution in [0.5, 0.6) is 5.75 Å². The smallest absolute Gasteiger partial charge is 0.338 e. The highest BCUT2D eigenvalue weighted by Crippen LogP contribution is 2.43. The van der Waals surface area contributed by atoms with Gasteiger partial charge < -0.3 is 14.6 Å². The van der Waals surface area contributed by atoms with Crippen LogP contribution in [-0.2, 0) is 14.3 Å². The summed E-state index contributed by atoms with van der Waals surface area (Å²) in [6, 6.07) is 16.5. The van der Waals surface area contributed by atoms with Crippen LogP contribution in [0.25, 0.3) is 5.76 Å². The number of nitrogens with zero attached hydrogens (tertiary/aromatic N) is 1. The van der Waals surface area contributed by atoms with Crippen LogP contribution in [0.2, 0.25) is 0 Å². The SMILES string of the molecule is CCCOC(=O)c1ccc(N2C(=O)C(=O)/C(=C(/O)c3cc(C)c(OC)cc3C)C2c2cccc(C)c2)cc1. The number of ketones is 1. The molecule has 1 heterocycles. The molecule has 4 rings (SSSR count). The lowest BCUT2D eigenvalue weighted by atomic mass is 9.92. The zero-order chi connectivity index (χ0) is 27.6. The summed E-state index contributed by atoms with van der Waals surface area (Å²) < 4.78 is 10.6. The van der Waals surface area contributed by atoms with Crippen molar-refractivity contribution in [2.75, 3.05) is 18.6 Å². The van der Waals surface area contributed by atoms with Crippen LogP contribution in [0, 0.1) is 20.8 Å². The number of Topliss-reactive ketones (excluding diaryl/α,β-unsaturated/α-hetero) is 1. The van der Waals surface area contributed by atoms with Crippen molar-refractivity contribution in [2.45, 2.75) is 40.2 Å². The van der Waals surface area contributed by atoms with Crippen LogP contribution in [0.4, 0.5) is 5.69 Å². The van der Waals surface area contributed by atoms with E-state index in [9.17, 15) is 19.5 Å². The number of hydrogen-bond donors (Lipinski definition) is 1. The van der Waals surface area contributed by atoms with Crippen LogP contribution in [0.3, 0.4) is 0 Å². The van der Waals surface area contributed by atoms with E-state index in [4.69, 9.17) is 9.47 Å². The third-order valence-electron chi connectivity index (χ3n) is 6.62. The molecule has 3 aromatic carbocycles. The summed E-state index contributed by atoms with van der Waals surface area (Å²) in [5.41, 5.74) is 4.33. The molecule has 3 aromatic rings. The number of aryl methyl sites for hydroxylation is 3. The molecule has 7 nitrogen and oxygen atoms in total. The van der Waals surface area contributed by atoms with E-state index in [1.807, 2.05) is 52.0 Å². The summed E-state index contributed by atoms with van der Waals surface area (Å²) in [5.74, 6) is -1.59. The van der Waals surface area contributed by atoms with E-state index in [2.05, 4.69) is 0 Å². The number of rotatable bonds is 7. The summed E-state index contributed by atoms with van der Waals surface area (Å²) >= 11 is 0. The van der Waals surface area contributed by atoms with Crippen LogP contribution < -0.4 is 9.64 Å². The number of methoxy groups -OCH3 is 1. The quantitative estimate of drug-likeness (QED) is 0.185. The zero-order valence-electron chi connectivity index (χ0n) is 22.2. The van der Waals surface area contributed by atoms with Crippen LogP contribution in [-0.4, -0.2) is 36.5 Å². The fraction of sp³-hybridized carbons (Fsp3) is 0.258. The Morgan fingerprint density at radius 2 is 1.68 bits per heavy atom. The average Bonchev–Trinajstić information content (AvgIpc) is 3.18. The number of aliphatic hydroxyl groups excluding tert-OH is 1. The molecular formula is C31H31NO6. The van der Waals surface area contributed by atoms with Gasteiger partial charge in [0, 0.05) is 11.3 Å². The number of carbonyl (C=O) groups excluding carboxylic acids is 3. The predicted molar refractivity (Wildman–Crippen MR) is 145 cm³/mol. The lowest BCUT2D eigenvalue weighted by Gasteiger charge is -2.26. The summed E-state index contributed by atoms with van der Waals surface area (Å²) in [5, 5.41) is 11.5. The summed E-state index contributed by atoms with van der Waals surface area (Å²) in [7, 11) is 1.57. The van der Waals surface area contributed by atoms with Gasteiger partial charge in [0.1, 0.15) is 11.5 Å². The molecule has 1 atom stereocenters. The third-order valence-corrected chi connectivity index (χ3v) is 6.62. The summed E-state index contributed by atoms with van der Waals surface area (Å²) in [6.07, 6.45) is 0.707. The number of carbonyl (C=O) groups is 3. The Morgan fingerprint density at radius 3 is 2.32 bits per heavy atom. The van der Waals surface area contributed by atoms with Crippen LogP contribution in [0.1, 0.15) is 57.6 Å². The monoisotopic (exact) mass is 513 g/mol. The maximum Gasteiger partial charge on any atom is 0.338 e. The maximum absolute atomic E-state index is 13.5. The fourth-order valence-corrected chi connectivity index (χ4v) is 4.70. The van der Waals surface area contributed by atoms with Gasteiger partial charge in [0.25, 0.3) is 11.7 Å². The normalized spacial score (nSPS) is 16.6. The highest BCUT2D eigenvalue weighted by Gasteiger charge is 2.47. The van der Waals surface area contributed by atoms with Gasteiger partial charge in [-0.15, -0.1) is 0 Å². The largest absolute Gasteiger partial charge is 0.507 e. The number of amides is 1. The number of ether oxygens (including phenoxy) is 2. The topological polar surface area (TPSA) is 93.1 Å². The molecule has 196 valence electrons. The average molecular weight is 514 g/mol. The second-order valence-electron chi connectivity index (χ2n) is 9.40. The number of esters is 1. The molecule has 0 aromatic heterocycles. The molecule has 38 heavy (non-hydrogen) atoms. The predicted octanol–water partition coefficient (Wildman–Crippen LogP) is 5.81. The first-order valence-corrected chi connectivity index (χ1v) is 12.5. The zero-order valence-corrected chi connectivity index (χ0v) is 22.2. The fourth-order valence-electron chi connectivity index (χ4n) is 4.70. The molecule has 1 aliphatic rings. The van der Waals surface area contributed by atoms with Gasteiger partial charge in [-0.2, -0.15) is 0 Å². The Hall–Kier alpha value is -4.39. The molecular weight excluding hydrogens is 482 g/mol. The van der Waals surface area contributed by atoms with E-state index < -0.39 is 23.7 Å². The van der Waals surface area contributed by atoms with Crippen molar-refractivity contribution in [2.24, 2.45) is 0 Å². The summed E-state index contributed by atoms with van der Waals surface area (Å²) in [4.78, 5) is 40.6. The molecule has 0 bridgehead atoms. The molecule has 7 heteroatoms. The maximum atomic E-state index is 13.5. The summed E-state index contributed by atoms with van der Waals surface area (Å²) in [6.45, 7) is 7.80. The molecule has 0 spiro atoms. The molecule has 1 saturated heterocycles. The second kappa shape index (κ2) is 10.9. The Balaban J connectivity index is 1.87. The van der Waals surface area contributed by atoms with Crippen molar-refractivity contribution in [1.82, 2.24) is 0 Å². The minimum atomic E-state index is -0.866. The van der Waals surface area contributed by atoms with Gasteiger partial charge in [-0.05, 0) is 80.3 Å². The van der Waals surface area contributed by atoms with Crippen molar-refractivity contribution in [1.29, 1.82) is 0 Å². The van der Waals surface area contributed by atoms with Crippen molar-refractivity contribution in [3.63, 3.8) is 0 Å². The number of anilines is 1. The van der Waals surface area contributed by atoms with Crippen molar-refractivity contribution in [3.05, 3.63) is 99.6 Å². The lowest BCUT2D eigenvalue weighted by molar-refractivity contribution is -0.132. The van der Waals surface area contributed by atoms with E-state index in [0.29, 0.717) is 46.7 Å². The Morgan fingerprint density at radius 1 is 0.974 bits per heavy atom. The Kier molecular flexibility index (Phi) is 7.67. The van der Waals surface area contributed by atoms with Crippen molar-refractivity contribution in [3.8, 4) is 5.75 Å².